The Balaban J connectivity index is 3.00. The Morgan fingerprint density at radius 1 is 1.45 bits per heavy atom. The summed E-state index contributed by atoms with van der Waals surface area (Å²) in [6.07, 6.45) is 1.49. The van der Waals surface area contributed by atoms with Crippen LogP contribution in [-0.2, 0) is 4.79 Å². The van der Waals surface area contributed by atoms with Crippen LogP contribution in [0.15, 0.2) is 23.1 Å². The number of nitrogens with zero attached hydrogens (tertiary/aromatic N) is 2. The first-order valence-electron chi connectivity index (χ1n) is 6.56. The first-order chi connectivity index (χ1) is 9.34. The zero-order valence-corrected chi connectivity index (χ0v) is 12.4. The summed E-state index contributed by atoms with van der Waals surface area (Å²) in [7, 11) is 3.82. The molecule has 1 N–H and O–H groups in total. The molecule has 0 aliphatic heterocycles. The topological polar surface area (TPSA) is 71.8 Å². The summed E-state index contributed by atoms with van der Waals surface area (Å²) in [6.45, 7) is 4.60. The molecule has 0 radical (unpaired) electrons. The van der Waals surface area contributed by atoms with E-state index in [1.54, 1.807) is 26.0 Å². The number of aromatic nitrogens is 1. The molecule has 0 fully saturated rings. The zero-order chi connectivity index (χ0) is 15.3. The Labute approximate surface area is 118 Å². The van der Waals surface area contributed by atoms with Crippen molar-refractivity contribution in [1.29, 1.82) is 0 Å². The van der Waals surface area contributed by atoms with Gasteiger partial charge < -0.3 is 14.7 Å². The van der Waals surface area contributed by atoms with E-state index in [4.69, 9.17) is 4.74 Å². The van der Waals surface area contributed by atoms with Crippen molar-refractivity contribution < 1.29 is 14.6 Å². The SMILES string of the molecule is CC(C)C(C(=O)O)n1cccc(OCCN(C)C)c1=O. The first kappa shape index (κ1) is 16.2. The van der Waals surface area contributed by atoms with Crippen molar-refractivity contribution in [3.05, 3.63) is 28.7 Å². The fourth-order valence-corrected chi connectivity index (χ4v) is 1.88. The van der Waals surface area contributed by atoms with Gasteiger partial charge in [-0.2, -0.15) is 0 Å². The third-order valence-corrected chi connectivity index (χ3v) is 2.92. The lowest BCUT2D eigenvalue weighted by Gasteiger charge is -2.20. The van der Waals surface area contributed by atoms with Crippen LogP contribution >= 0.6 is 0 Å². The first-order valence-corrected chi connectivity index (χ1v) is 6.56. The molecule has 0 saturated carbocycles. The molecule has 6 heteroatoms. The minimum Gasteiger partial charge on any atom is -0.487 e. The quantitative estimate of drug-likeness (QED) is 0.810. The van der Waals surface area contributed by atoms with Crippen molar-refractivity contribution in [1.82, 2.24) is 9.47 Å². The molecule has 1 aromatic heterocycles. The normalized spacial score (nSPS) is 12.7. The van der Waals surface area contributed by atoms with E-state index >= 15 is 0 Å². The summed E-state index contributed by atoms with van der Waals surface area (Å²) >= 11 is 0. The highest BCUT2D eigenvalue weighted by atomic mass is 16.5. The molecule has 6 nitrogen and oxygen atoms in total. The number of carboxylic acid groups (broad SMARTS) is 1. The summed E-state index contributed by atoms with van der Waals surface area (Å²) in [5.74, 6) is -1.03. The molecular formula is C14H22N2O4. The van der Waals surface area contributed by atoms with Crippen LogP contribution in [0.1, 0.15) is 19.9 Å². The molecule has 20 heavy (non-hydrogen) atoms. The maximum absolute atomic E-state index is 12.3. The zero-order valence-electron chi connectivity index (χ0n) is 12.4. The Morgan fingerprint density at radius 3 is 2.60 bits per heavy atom. The van der Waals surface area contributed by atoms with Gasteiger partial charge in [0.1, 0.15) is 12.6 Å². The number of carbonyl (C=O) groups is 1. The molecule has 1 heterocycles. The molecule has 0 saturated heterocycles. The lowest BCUT2D eigenvalue weighted by molar-refractivity contribution is -0.142. The number of carboxylic acids is 1. The lowest BCUT2D eigenvalue weighted by Crippen LogP contribution is -2.33. The highest BCUT2D eigenvalue weighted by Crippen LogP contribution is 2.17. The van der Waals surface area contributed by atoms with Gasteiger partial charge in [0.2, 0.25) is 0 Å². The highest BCUT2D eigenvalue weighted by molar-refractivity contribution is 5.72. The van der Waals surface area contributed by atoms with Crippen molar-refractivity contribution in [3.8, 4) is 5.75 Å². The smallest absolute Gasteiger partial charge is 0.327 e. The van der Waals surface area contributed by atoms with Crippen LogP contribution in [0, 0.1) is 5.92 Å². The number of hydrogen-bond acceptors (Lipinski definition) is 4. The second kappa shape index (κ2) is 7.09. The van der Waals surface area contributed by atoms with E-state index in [9.17, 15) is 14.7 Å². The molecule has 0 spiro atoms. The molecular weight excluding hydrogens is 260 g/mol. The van der Waals surface area contributed by atoms with E-state index in [1.807, 2.05) is 19.0 Å². The van der Waals surface area contributed by atoms with Crippen LogP contribution in [0.25, 0.3) is 0 Å². The highest BCUT2D eigenvalue weighted by Gasteiger charge is 2.25. The molecule has 112 valence electrons. The van der Waals surface area contributed by atoms with Crippen molar-refractivity contribution in [3.63, 3.8) is 0 Å². The van der Waals surface area contributed by atoms with Crippen LogP contribution in [0.4, 0.5) is 0 Å². The molecule has 0 aromatic carbocycles. The molecule has 1 unspecified atom stereocenters. The molecule has 0 amide bonds. The average Bonchev–Trinajstić information content (AvgIpc) is 2.32. The Hall–Kier alpha value is -1.82. The Bertz CT molecular complexity index is 508. The summed E-state index contributed by atoms with van der Waals surface area (Å²) in [6, 6.07) is 2.30. The van der Waals surface area contributed by atoms with Crippen LogP contribution in [0.3, 0.4) is 0 Å². The van der Waals surface area contributed by atoms with E-state index in [-0.39, 0.29) is 11.7 Å². The van der Waals surface area contributed by atoms with Gasteiger partial charge in [0.05, 0.1) is 0 Å². The van der Waals surface area contributed by atoms with Crippen LogP contribution in [-0.4, -0.2) is 47.8 Å². The van der Waals surface area contributed by atoms with Gasteiger partial charge in [0, 0.05) is 12.7 Å². The van der Waals surface area contributed by atoms with E-state index in [0.29, 0.717) is 13.2 Å². The standard InChI is InChI=1S/C14H22N2O4/c1-10(2)12(14(18)19)16-7-5-6-11(13(16)17)20-9-8-15(3)4/h5-7,10,12H,8-9H2,1-4H3,(H,18,19). The van der Waals surface area contributed by atoms with Gasteiger partial charge in [-0.1, -0.05) is 13.8 Å². The van der Waals surface area contributed by atoms with Gasteiger partial charge in [-0.05, 0) is 32.1 Å². The minimum atomic E-state index is -1.02. The fraction of sp³-hybridized carbons (Fsp3) is 0.571. The van der Waals surface area contributed by atoms with Crippen LogP contribution in [0.5, 0.6) is 5.75 Å². The van der Waals surface area contributed by atoms with Crippen molar-refractivity contribution in [2.75, 3.05) is 27.2 Å². The maximum Gasteiger partial charge on any atom is 0.327 e. The maximum atomic E-state index is 12.3. The summed E-state index contributed by atoms with van der Waals surface area (Å²) < 4.78 is 6.65. The van der Waals surface area contributed by atoms with E-state index in [1.165, 1.54) is 10.8 Å². The van der Waals surface area contributed by atoms with Gasteiger partial charge in [0.15, 0.2) is 5.75 Å². The number of aliphatic carboxylic acids is 1. The van der Waals surface area contributed by atoms with Crippen LogP contribution < -0.4 is 10.3 Å². The number of pyridine rings is 1. The van der Waals surface area contributed by atoms with Crippen molar-refractivity contribution in [2.24, 2.45) is 5.92 Å². The Kier molecular flexibility index (Phi) is 5.76. The molecule has 0 aliphatic carbocycles. The fourth-order valence-electron chi connectivity index (χ4n) is 1.88. The average molecular weight is 282 g/mol. The minimum absolute atomic E-state index is 0.182. The third kappa shape index (κ3) is 4.09. The molecule has 0 bridgehead atoms. The monoisotopic (exact) mass is 282 g/mol. The second-order valence-electron chi connectivity index (χ2n) is 5.26. The summed E-state index contributed by atoms with van der Waals surface area (Å²) in [4.78, 5) is 25.5. The predicted molar refractivity (Wildman–Crippen MR) is 76.3 cm³/mol. The van der Waals surface area contributed by atoms with E-state index in [0.717, 1.165) is 0 Å². The van der Waals surface area contributed by atoms with Gasteiger partial charge in [-0.3, -0.25) is 9.36 Å². The Morgan fingerprint density at radius 2 is 2.10 bits per heavy atom. The van der Waals surface area contributed by atoms with E-state index < -0.39 is 17.6 Å². The molecule has 0 aliphatic rings. The summed E-state index contributed by atoms with van der Waals surface area (Å²) in [5, 5.41) is 9.25. The van der Waals surface area contributed by atoms with Gasteiger partial charge >= 0.3 is 5.97 Å². The van der Waals surface area contributed by atoms with Gasteiger partial charge in [0.25, 0.3) is 5.56 Å². The second-order valence-corrected chi connectivity index (χ2v) is 5.26. The number of likely N-dealkylation sites (N-methyl/N-ethyl adjacent to an activating group) is 1. The van der Waals surface area contributed by atoms with E-state index in [2.05, 4.69) is 0 Å². The van der Waals surface area contributed by atoms with Gasteiger partial charge in [-0.25, -0.2) is 4.79 Å². The van der Waals surface area contributed by atoms with Gasteiger partial charge in [-0.15, -0.1) is 0 Å². The number of hydrogen-bond donors (Lipinski definition) is 1. The number of rotatable bonds is 7. The third-order valence-electron chi connectivity index (χ3n) is 2.92. The molecule has 1 rings (SSSR count). The van der Waals surface area contributed by atoms with Crippen molar-refractivity contribution >= 4 is 5.97 Å². The lowest BCUT2D eigenvalue weighted by atomic mass is 10.0. The predicted octanol–water partition coefficient (Wildman–Crippen LogP) is 1.07. The largest absolute Gasteiger partial charge is 0.487 e. The molecule has 1 aromatic rings. The summed E-state index contributed by atoms with van der Waals surface area (Å²) in [5.41, 5.74) is -0.410. The number of ether oxygens (including phenoxy) is 1. The van der Waals surface area contributed by atoms with Crippen LogP contribution in [0.2, 0.25) is 0 Å². The molecule has 1 atom stereocenters. The van der Waals surface area contributed by atoms with Crippen molar-refractivity contribution in [2.45, 2.75) is 19.9 Å².